The van der Waals surface area contributed by atoms with E-state index in [0.717, 1.165) is 50.1 Å². The Morgan fingerprint density at radius 3 is 1.91 bits per heavy atom. The lowest BCUT2D eigenvalue weighted by Crippen LogP contribution is -2.11. The van der Waals surface area contributed by atoms with Crippen LogP contribution in [-0.2, 0) is 0 Å². The van der Waals surface area contributed by atoms with E-state index in [9.17, 15) is 0 Å². The van der Waals surface area contributed by atoms with E-state index in [-0.39, 0.29) is 0 Å². The van der Waals surface area contributed by atoms with Crippen LogP contribution in [0.4, 0.5) is 17.1 Å². The standard InChI is InChI=1S/C42H27NOS/c1-3-13-28(14-4-1)31-17-7-10-20-36(31)43(30-23-26-40-35(27-30)33-18-9-12-22-39(33)45-40)37-25-24-32(29-15-5-2-6-16-29)41-34-19-8-11-21-38(34)44-42(37)41/h1-27H. The van der Waals surface area contributed by atoms with Gasteiger partial charge in [-0.2, -0.15) is 0 Å². The van der Waals surface area contributed by atoms with Crippen molar-refractivity contribution in [2.75, 3.05) is 4.90 Å². The number of rotatable bonds is 5. The van der Waals surface area contributed by atoms with Gasteiger partial charge in [-0.25, -0.2) is 0 Å². The predicted octanol–water partition coefficient (Wildman–Crippen LogP) is 12.8. The van der Waals surface area contributed by atoms with Crippen LogP contribution in [0.2, 0.25) is 0 Å². The lowest BCUT2D eigenvalue weighted by Gasteiger charge is -2.28. The minimum atomic E-state index is 0.871. The number of anilines is 3. The van der Waals surface area contributed by atoms with Gasteiger partial charge in [-0.15, -0.1) is 11.3 Å². The topological polar surface area (TPSA) is 16.4 Å². The molecule has 0 spiro atoms. The van der Waals surface area contributed by atoms with E-state index < -0.39 is 0 Å². The number of hydrogen-bond donors (Lipinski definition) is 0. The second-order valence-electron chi connectivity index (χ2n) is 11.3. The summed E-state index contributed by atoms with van der Waals surface area (Å²) in [7, 11) is 0. The zero-order chi connectivity index (χ0) is 29.7. The van der Waals surface area contributed by atoms with Gasteiger partial charge in [0.2, 0.25) is 0 Å². The zero-order valence-corrected chi connectivity index (χ0v) is 25.2. The molecule has 9 aromatic rings. The first-order valence-corrected chi connectivity index (χ1v) is 16.0. The molecule has 0 saturated heterocycles. The van der Waals surface area contributed by atoms with Crippen LogP contribution in [0.25, 0.3) is 64.4 Å². The fourth-order valence-corrected chi connectivity index (χ4v) is 7.73. The Bertz CT molecular complexity index is 2490. The molecule has 45 heavy (non-hydrogen) atoms. The highest BCUT2D eigenvalue weighted by molar-refractivity contribution is 7.25. The molecule has 3 heteroatoms. The molecule has 2 heterocycles. The smallest absolute Gasteiger partial charge is 0.160 e. The van der Waals surface area contributed by atoms with Crippen LogP contribution < -0.4 is 4.90 Å². The highest BCUT2D eigenvalue weighted by atomic mass is 32.1. The van der Waals surface area contributed by atoms with Gasteiger partial charge in [-0.05, 0) is 59.2 Å². The van der Waals surface area contributed by atoms with Gasteiger partial charge in [0.1, 0.15) is 5.58 Å². The van der Waals surface area contributed by atoms with Crippen LogP contribution in [0.5, 0.6) is 0 Å². The van der Waals surface area contributed by atoms with Crippen molar-refractivity contribution in [3.8, 4) is 22.3 Å². The predicted molar refractivity (Wildman–Crippen MR) is 192 cm³/mol. The molecule has 0 N–H and O–H groups in total. The van der Waals surface area contributed by atoms with E-state index in [2.05, 4.69) is 163 Å². The molecule has 0 aliphatic carbocycles. The summed E-state index contributed by atoms with van der Waals surface area (Å²) >= 11 is 1.84. The number of para-hydroxylation sites is 2. The second kappa shape index (κ2) is 10.5. The number of hydrogen-bond acceptors (Lipinski definition) is 3. The first-order valence-electron chi connectivity index (χ1n) is 15.2. The fraction of sp³-hybridized carbons (Fsp3) is 0. The maximum Gasteiger partial charge on any atom is 0.160 e. The van der Waals surface area contributed by atoms with E-state index in [1.54, 1.807) is 0 Å². The summed E-state index contributed by atoms with van der Waals surface area (Å²) in [5, 5.41) is 4.78. The molecule has 212 valence electrons. The van der Waals surface area contributed by atoms with Crippen molar-refractivity contribution < 1.29 is 4.42 Å². The van der Waals surface area contributed by atoms with Crippen LogP contribution in [0.3, 0.4) is 0 Å². The van der Waals surface area contributed by atoms with Crippen LogP contribution in [0, 0.1) is 0 Å². The van der Waals surface area contributed by atoms with Gasteiger partial charge in [-0.1, -0.05) is 121 Å². The minimum absolute atomic E-state index is 0.871. The number of fused-ring (bicyclic) bond motifs is 6. The van der Waals surface area contributed by atoms with Crippen molar-refractivity contribution in [3.05, 3.63) is 164 Å². The third kappa shape index (κ3) is 4.24. The Hall–Kier alpha value is -5.64. The monoisotopic (exact) mass is 593 g/mol. The summed E-state index contributed by atoms with van der Waals surface area (Å²) in [6.07, 6.45) is 0. The van der Waals surface area contributed by atoms with Gasteiger partial charge in [-0.3, -0.25) is 0 Å². The average Bonchev–Trinajstić information content (AvgIpc) is 3.68. The fourth-order valence-electron chi connectivity index (χ4n) is 6.64. The SMILES string of the molecule is c1ccc(-c2ccccc2N(c2ccc3sc4ccccc4c3c2)c2ccc(-c3ccccc3)c3c2oc2ccccc23)cc1. The highest BCUT2D eigenvalue weighted by Gasteiger charge is 2.24. The average molecular weight is 594 g/mol. The Morgan fingerprint density at radius 1 is 0.444 bits per heavy atom. The second-order valence-corrected chi connectivity index (χ2v) is 12.4. The summed E-state index contributed by atoms with van der Waals surface area (Å²) in [6, 6.07) is 58.3. The normalized spacial score (nSPS) is 11.6. The van der Waals surface area contributed by atoms with Gasteiger partial charge in [0.15, 0.2) is 5.58 Å². The molecule has 0 aliphatic rings. The van der Waals surface area contributed by atoms with E-state index in [1.807, 2.05) is 17.4 Å². The molecule has 0 unspecified atom stereocenters. The third-order valence-electron chi connectivity index (χ3n) is 8.68. The Kier molecular flexibility index (Phi) is 6.03. The Morgan fingerprint density at radius 2 is 1.09 bits per heavy atom. The van der Waals surface area contributed by atoms with Crippen molar-refractivity contribution in [3.63, 3.8) is 0 Å². The lowest BCUT2D eigenvalue weighted by molar-refractivity contribution is 0.669. The molecule has 0 atom stereocenters. The lowest BCUT2D eigenvalue weighted by atomic mass is 9.97. The Balaban J connectivity index is 1.38. The first kappa shape index (κ1) is 25.8. The van der Waals surface area contributed by atoms with Gasteiger partial charge in [0.05, 0.1) is 11.4 Å². The molecule has 0 fully saturated rings. The molecular formula is C42H27NOS. The Labute approximate surface area is 265 Å². The van der Waals surface area contributed by atoms with Crippen LogP contribution in [0.1, 0.15) is 0 Å². The van der Waals surface area contributed by atoms with Gasteiger partial charge in [0, 0.05) is 42.2 Å². The molecule has 2 nitrogen and oxygen atoms in total. The first-order chi connectivity index (χ1) is 22.3. The molecule has 0 amide bonds. The maximum atomic E-state index is 6.82. The summed E-state index contributed by atoms with van der Waals surface area (Å²) in [5.41, 5.74) is 9.59. The van der Waals surface area contributed by atoms with Gasteiger partial charge in [0.25, 0.3) is 0 Å². The van der Waals surface area contributed by atoms with E-state index >= 15 is 0 Å². The van der Waals surface area contributed by atoms with Crippen LogP contribution >= 0.6 is 11.3 Å². The molecule has 0 aliphatic heterocycles. The summed E-state index contributed by atoms with van der Waals surface area (Å²) in [4.78, 5) is 2.38. The molecule has 9 rings (SSSR count). The zero-order valence-electron chi connectivity index (χ0n) is 24.4. The van der Waals surface area contributed by atoms with Crippen LogP contribution in [-0.4, -0.2) is 0 Å². The number of furan rings is 1. The van der Waals surface area contributed by atoms with Gasteiger partial charge < -0.3 is 9.32 Å². The largest absolute Gasteiger partial charge is 0.454 e. The van der Waals surface area contributed by atoms with Crippen LogP contribution in [0.15, 0.2) is 168 Å². The molecule has 0 radical (unpaired) electrons. The molecule has 0 saturated carbocycles. The van der Waals surface area contributed by atoms with Crippen molar-refractivity contribution in [2.45, 2.75) is 0 Å². The summed E-state index contributed by atoms with van der Waals surface area (Å²) in [6.45, 7) is 0. The van der Waals surface area contributed by atoms with Crippen molar-refractivity contribution in [1.82, 2.24) is 0 Å². The maximum absolute atomic E-state index is 6.82. The van der Waals surface area contributed by atoms with E-state index in [1.165, 1.54) is 31.3 Å². The summed E-state index contributed by atoms with van der Waals surface area (Å²) < 4.78 is 9.40. The van der Waals surface area contributed by atoms with Crippen molar-refractivity contribution in [2.24, 2.45) is 0 Å². The number of nitrogens with zero attached hydrogens (tertiary/aromatic N) is 1. The van der Waals surface area contributed by atoms with E-state index in [4.69, 9.17) is 4.42 Å². The number of thiophene rings is 1. The van der Waals surface area contributed by atoms with Gasteiger partial charge >= 0.3 is 0 Å². The van der Waals surface area contributed by atoms with E-state index in [0.29, 0.717) is 0 Å². The molecular weight excluding hydrogens is 567 g/mol. The number of benzene rings is 7. The van der Waals surface area contributed by atoms with Crippen molar-refractivity contribution >= 4 is 70.5 Å². The molecule has 7 aromatic carbocycles. The molecule has 2 aromatic heterocycles. The highest BCUT2D eigenvalue weighted by Crippen LogP contribution is 2.48. The molecule has 0 bridgehead atoms. The van der Waals surface area contributed by atoms with Crippen molar-refractivity contribution in [1.29, 1.82) is 0 Å². The quantitative estimate of drug-likeness (QED) is 0.197. The third-order valence-corrected chi connectivity index (χ3v) is 9.83. The minimum Gasteiger partial charge on any atom is -0.454 e. The summed E-state index contributed by atoms with van der Waals surface area (Å²) in [5.74, 6) is 0.